The van der Waals surface area contributed by atoms with Gasteiger partial charge < -0.3 is 54.5 Å². The van der Waals surface area contributed by atoms with Gasteiger partial charge in [-0.15, -0.1) is 0 Å². The van der Waals surface area contributed by atoms with E-state index in [1.165, 1.54) is 40.3 Å². The number of aliphatic hydroxyl groups is 3. The van der Waals surface area contributed by atoms with Crippen LogP contribution in [0.2, 0.25) is 0 Å². The molecular weight excluding hydrogens is 672 g/mol. The third kappa shape index (κ3) is 4.68. The van der Waals surface area contributed by atoms with E-state index in [2.05, 4.69) is 10.3 Å². The van der Waals surface area contributed by atoms with E-state index >= 15 is 0 Å². The number of ether oxygens (including phenoxy) is 5. The number of esters is 1. The number of aryl methyl sites for hydroxylation is 1. The van der Waals surface area contributed by atoms with Crippen molar-refractivity contribution in [2.24, 2.45) is 4.99 Å². The van der Waals surface area contributed by atoms with Gasteiger partial charge in [0, 0.05) is 51.5 Å². The maximum Gasteiger partial charge on any atom is 0.341 e. The highest BCUT2D eigenvalue weighted by Crippen LogP contribution is 2.56. The average molecular weight is 711 g/mol. The number of aromatic hydroxyl groups is 2. The van der Waals surface area contributed by atoms with E-state index in [1.54, 1.807) is 6.92 Å². The summed E-state index contributed by atoms with van der Waals surface area (Å²) in [5, 5.41) is 61.1. The van der Waals surface area contributed by atoms with Crippen molar-refractivity contribution < 1.29 is 68.4 Å². The van der Waals surface area contributed by atoms with Crippen LogP contribution in [-0.4, -0.2) is 132 Å². The van der Waals surface area contributed by atoms with E-state index in [4.69, 9.17) is 23.7 Å². The number of hydrogen-bond acceptors (Lipinski definition) is 16. The molecule has 2 aromatic rings. The summed E-state index contributed by atoms with van der Waals surface area (Å²) >= 11 is 0. The van der Waals surface area contributed by atoms with Crippen molar-refractivity contribution in [2.75, 3.05) is 35.5 Å². The molecule has 8 atom stereocenters. The Bertz CT molecular complexity index is 1950. The zero-order valence-corrected chi connectivity index (χ0v) is 28.8. The first-order chi connectivity index (χ1) is 24.1. The number of carbonyl (C=O) groups excluding carboxylic acids is 4. The highest BCUT2D eigenvalue weighted by molar-refractivity contribution is 6.31. The van der Waals surface area contributed by atoms with Crippen LogP contribution < -0.4 is 5.32 Å². The molecule has 1 saturated heterocycles. The molecule has 0 amide bonds. The van der Waals surface area contributed by atoms with E-state index in [0.29, 0.717) is 0 Å². The fourth-order valence-corrected chi connectivity index (χ4v) is 8.04. The van der Waals surface area contributed by atoms with Crippen molar-refractivity contribution in [3.63, 3.8) is 0 Å². The molecule has 2 aromatic carbocycles. The van der Waals surface area contributed by atoms with Crippen LogP contribution in [0.4, 0.5) is 0 Å². The Kier molecular flexibility index (Phi) is 8.95. The summed E-state index contributed by atoms with van der Waals surface area (Å²) in [6.45, 7) is 3.13. The molecule has 0 unspecified atom stereocenters. The average Bonchev–Trinajstić information content (AvgIpc) is 3.08. The Labute approximate surface area is 291 Å². The fraction of sp³-hybridized carbons (Fsp3) is 0.457. The molecule has 51 heavy (non-hydrogen) atoms. The number of rotatable bonds is 6. The van der Waals surface area contributed by atoms with Crippen molar-refractivity contribution in [3.05, 3.63) is 68.4 Å². The normalized spacial score (nSPS) is 32.1. The van der Waals surface area contributed by atoms with Crippen LogP contribution in [0.1, 0.15) is 70.6 Å². The molecule has 4 aliphatic rings. The lowest BCUT2D eigenvalue weighted by Crippen LogP contribution is -2.73. The third-order valence-corrected chi connectivity index (χ3v) is 10.4. The number of aliphatic imine (C=N–C) groups is 1. The zero-order valence-electron chi connectivity index (χ0n) is 28.8. The molecule has 16 heteroatoms. The first-order valence-corrected chi connectivity index (χ1v) is 15.9. The Balaban J connectivity index is 1.54. The highest BCUT2D eigenvalue weighted by Gasteiger charge is 2.72. The van der Waals surface area contributed by atoms with Crippen molar-refractivity contribution in [2.45, 2.75) is 68.2 Å². The number of nitrogens with one attached hydrogen (secondary N) is 1. The molecule has 272 valence electrons. The monoisotopic (exact) mass is 710 g/mol. The van der Waals surface area contributed by atoms with E-state index in [0.717, 1.165) is 20.3 Å². The van der Waals surface area contributed by atoms with Gasteiger partial charge in [-0.3, -0.25) is 19.4 Å². The van der Waals surface area contributed by atoms with Crippen molar-refractivity contribution in [1.82, 2.24) is 5.32 Å². The zero-order chi connectivity index (χ0) is 37.5. The Morgan fingerprint density at radius 2 is 1.65 bits per heavy atom. The molecule has 1 fully saturated rings. The van der Waals surface area contributed by atoms with Gasteiger partial charge in [-0.25, -0.2) is 4.79 Å². The molecule has 0 aromatic heterocycles. The van der Waals surface area contributed by atoms with Crippen molar-refractivity contribution in [3.8, 4) is 11.5 Å². The van der Waals surface area contributed by atoms with E-state index in [9.17, 15) is 44.7 Å². The van der Waals surface area contributed by atoms with Crippen LogP contribution in [0.5, 0.6) is 11.5 Å². The number of Topliss-reactive ketones (excluding diaryl/α,β-unsaturated/α-hetero) is 3. The second-order valence-electron chi connectivity index (χ2n) is 12.8. The summed E-state index contributed by atoms with van der Waals surface area (Å²) in [4.78, 5) is 60.3. The first-order valence-electron chi connectivity index (χ1n) is 15.9. The predicted molar refractivity (Wildman–Crippen MR) is 174 cm³/mol. The molecule has 6 rings (SSSR count). The van der Waals surface area contributed by atoms with Gasteiger partial charge in [-0.05, 0) is 37.1 Å². The smallest absolute Gasteiger partial charge is 0.341 e. The second-order valence-corrected chi connectivity index (χ2v) is 12.8. The molecule has 1 aliphatic heterocycles. The molecule has 0 spiro atoms. The highest BCUT2D eigenvalue weighted by atomic mass is 16.6. The van der Waals surface area contributed by atoms with Gasteiger partial charge >= 0.3 is 5.97 Å². The van der Waals surface area contributed by atoms with E-state index < -0.39 is 111 Å². The summed E-state index contributed by atoms with van der Waals surface area (Å²) in [5.41, 5.74) is -8.72. The maximum atomic E-state index is 14.7. The minimum absolute atomic E-state index is 0.00142. The second kappa shape index (κ2) is 12.6. The molecule has 3 aliphatic carbocycles. The van der Waals surface area contributed by atoms with Crippen LogP contribution in [-0.2, 0) is 35.7 Å². The Hall–Kier alpha value is -4.55. The van der Waals surface area contributed by atoms with Crippen LogP contribution >= 0.6 is 0 Å². The van der Waals surface area contributed by atoms with E-state index in [1.807, 2.05) is 0 Å². The molecule has 6 N–H and O–H groups in total. The minimum atomic E-state index is -3.18. The molecular formula is C35H38N2O14. The number of carbonyl (C=O) groups is 4. The summed E-state index contributed by atoms with van der Waals surface area (Å²) < 4.78 is 27.1. The largest absolute Gasteiger partial charge is 0.507 e. The standard InChI is InChI=1S/C35H38N2O14/c1-12-8-14-9-19(38)35(50-7)31(44)22-16(30(43)34(35,46)23(14)26(41)20(12)33(45)49-6)10-15-21(25(22)40)17(36-3)11-18(24(15)39)37-32-29(48-5)27(42)28(47-4)13(2)51-32/h8,10-11,13,19,27-29,32,37-38,40-42,46H,9H2,1-7H3/t13-,19+,27+,28-,29+,32-,34-,35+/m0/s1. The lowest BCUT2D eigenvalue weighted by Gasteiger charge is -2.53. The van der Waals surface area contributed by atoms with Crippen molar-refractivity contribution >= 4 is 29.0 Å². The van der Waals surface area contributed by atoms with Crippen LogP contribution in [0.25, 0.3) is 0 Å². The van der Waals surface area contributed by atoms with Gasteiger partial charge in [0.2, 0.25) is 17.3 Å². The number of ketones is 3. The van der Waals surface area contributed by atoms with Crippen LogP contribution in [0.3, 0.4) is 0 Å². The summed E-state index contributed by atoms with van der Waals surface area (Å²) in [6, 6.07) is 2.37. The summed E-state index contributed by atoms with van der Waals surface area (Å²) in [5.74, 6) is -6.08. The lowest BCUT2D eigenvalue weighted by molar-refractivity contribution is -0.236. The minimum Gasteiger partial charge on any atom is -0.507 e. The number of aliphatic hydroxyl groups excluding tert-OH is 2. The quantitative estimate of drug-likeness (QED) is 0.216. The number of fused-ring (bicyclic) bond motifs is 5. The molecule has 1 heterocycles. The van der Waals surface area contributed by atoms with Gasteiger partial charge in [-0.1, -0.05) is 6.07 Å². The Morgan fingerprint density at radius 3 is 2.24 bits per heavy atom. The van der Waals surface area contributed by atoms with Gasteiger partial charge in [0.15, 0.2) is 17.4 Å². The van der Waals surface area contributed by atoms with Gasteiger partial charge in [0.1, 0.15) is 35.4 Å². The number of allylic oxidation sites excluding steroid dienone is 2. The number of phenolic OH excluding ortho intramolecular Hbond substituents is 2. The van der Waals surface area contributed by atoms with Crippen LogP contribution in [0, 0.1) is 6.92 Å². The number of nitrogens with zero attached hydrogens (tertiary/aromatic N) is 1. The van der Waals surface area contributed by atoms with Gasteiger partial charge in [-0.2, -0.15) is 0 Å². The topological polar surface area (TPSA) is 240 Å². The summed E-state index contributed by atoms with van der Waals surface area (Å²) in [7, 11) is 6.13. The first kappa shape index (κ1) is 36.2. The SMILES string of the molecule is CN=C1C=C(N[C@H]2O[C@@H](C)[C@H](OC)[C@@H](O)[C@H]2OC)C(=O)c2cc3c(c(O)c21)C(=O)[C@]1(OC)[C@H](O)Cc2cc(C)c(C(=O)OC)c(O)c2[C@]1(O)C3=O. The molecule has 0 bridgehead atoms. The van der Waals surface area contributed by atoms with Gasteiger partial charge in [0.05, 0.1) is 41.9 Å². The predicted octanol–water partition coefficient (Wildman–Crippen LogP) is -0.0138. The number of hydrogen-bond donors (Lipinski definition) is 6. The number of methoxy groups -OCH3 is 4. The van der Waals surface area contributed by atoms with E-state index in [-0.39, 0.29) is 33.7 Å². The molecule has 0 saturated carbocycles. The number of benzene rings is 2. The Morgan fingerprint density at radius 1 is 0.980 bits per heavy atom. The lowest BCUT2D eigenvalue weighted by atomic mass is 9.56. The summed E-state index contributed by atoms with van der Waals surface area (Å²) in [6.07, 6.45) is -5.69. The number of phenols is 2. The van der Waals surface area contributed by atoms with Gasteiger partial charge in [0.25, 0.3) is 0 Å². The maximum absolute atomic E-state index is 14.7. The third-order valence-electron chi connectivity index (χ3n) is 10.4. The van der Waals surface area contributed by atoms with Crippen LogP contribution in [0.15, 0.2) is 28.9 Å². The molecule has 0 radical (unpaired) electrons. The van der Waals surface area contributed by atoms with Crippen molar-refractivity contribution in [1.29, 1.82) is 0 Å². The molecule has 16 nitrogen and oxygen atoms in total. The fourth-order valence-electron chi connectivity index (χ4n) is 8.04.